The molecule has 0 bridgehead atoms. The molecular formula is C18H18. The molecule has 0 heterocycles. The maximum atomic E-state index is 2.33. The third kappa shape index (κ3) is 1.60. The molecule has 0 unspecified atom stereocenters. The third-order valence-electron chi connectivity index (χ3n) is 4.13. The molecule has 3 rings (SSSR count). The van der Waals surface area contributed by atoms with Gasteiger partial charge in [0.05, 0.1) is 0 Å². The molecule has 3 aromatic carbocycles. The van der Waals surface area contributed by atoms with Crippen LogP contribution in [0.25, 0.3) is 21.5 Å². The first kappa shape index (κ1) is 11.3. The topological polar surface area (TPSA) is 0 Å². The summed E-state index contributed by atoms with van der Waals surface area (Å²) in [4.78, 5) is 0. The van der Waals surface area contributed by atoms with Crippen molar-refractivity contribution in [2.24, 2.45) is 0 Å². The molecular weight excluding hydrogens is 216 g/mol. The molecule has 0 aliphatic carbocycles. The molecule has 3 aromatic rings. The van der Waals surface area contributed by atoms with Crippen LogP contribution < -0.4 is 0 Å². The molecule has 0 N–H and O–H groups in total. The van der Waals surface area contributed by atoms with Crippen LogP contribution in [-0.4, -0.2) is 0 Å². The van der Waals surface area contributed by atoms with E-state index < -0.39 is 0 Å². The molecule has 18 heavy (non-hydrogen) atoms. The van der Waals surface area contributed by atoms with E-state index in [-0.39, 0.29) is 0 Å². The standard InChI is InChI=1S/C18H18/c1-11-5-6-15-9-16-7-12(2)13(3)8-17(16)10-18(15)14(11)4/h5-10H,1-4H3. The molecule has 0 spiro atoms. The van der Waals surface area contributed by atoms with Crippen molar-refractivity contribution in [3.8, 4) is 0 Å². The molecule has 0 amide bonds. The van der Waals surface area contributed by atoms with Gasteiger partial charge in [0, 0.05) is 0 Å². The van der Waals surface area contributed by atoms with Crippen molar-refractivity contribution >= 4 is 21.5 Å². The van der Waals surface area contributed by atoms with Crippen LogP contribution in [-0.2, 0) is 0 Å². The normalized spacial score (nSPS) is 11.3. The van der Waals surface area contributed by atoms with E-state index in [0.717, 1.165) is 0 Å². The van der Waals surface area contributed by atoms with Crippen molar-refractivity contribution < 1.29 is 0 Å². The summed E-state index contributed by atoms with van der Waals surface area (Å²) in [6.45, 7) is 8.76. The van der Waals surface area contributed by atoms with Gasteiger partial charge in [-0.2, -0.15) is 0 Å². The van der Waals surface area contributed by atoms with Crippen molar-refractivity contribution in [3.63, 3.8) is 0 Å². The van der Waals surface area contributed by atoms with Crippen LogP contribution in [0.5, 0.6) is 0 Å². The van der Waals surface area contributed by atoms with Crippen LogP contribution in [0.2, 0.25) is 0 Å². The Labute approximate surface area is 108 Å². The number of hydrogen-bond acceptors (Lipinski definition) is 0. The molecule has 0 nitrogen and oxygen atoms in total. The van der Waals surface area contributed by atoms with E-state index in [4.69, 9.17) is 0 Å². The minimum Gasteiger partial charge on any atom is -0.0584 e. The highest BCUT2D eigenvalue weighted by Crippen LogP contribution is 2.28. The first-order valence-corrected chi connectivity index (χ1v) is 6.47. The lowest BCUT2D eigenvalue weighted by Gasteiger charge is -2.09. The van der Waals surface area contributed by atoms with Crippen LogP contribution in [0.15, 0.2) is 36.4 Å². The molecule has 0 heteroatoms. The van der Waals surface area contributed by atoms with E-state index in [1.54, 1.807) is 0 Å². The van der Waals surface area contributed by atoms with Gasteiger partial charge in [0.2, 0.25) is 0 Å². The Bertz CT molecular complexity index is 763. The van der Waals surface area contributed by atoms with Crippen molar-refractivity contribution in [1.29, 1.82) is 0 Å². The van der Waals surface area contributed by atoms with Gasteiger partial charge in [-0.15, -0.1) is 0 Å². The molecule has 0 radical (unpaired) electrons. The maximum Gasteiger partial charge on any atom is -0.0146 e. The summed E-state index contributed by atoms with van der Waals surface area (Å²) in [5, 5.41) is 5.41. The summed E-state index contributed by atoms with van der Waals surface area (Å²) in [6.07, 6.45) is 0. The number of fused-ring (bicyclic) bond motifs is 2. The van der Waals surface area contributed by atoms with Gasteiger partial charge in [0.15, 0.2) is 0 Å². The van der Waals surface area contributed by atoms with Gasteiger partial charge >= 0.3 is 0 Å². The van der Waals surface area contributed by atoms with Crippen molar-refractivity contribution in [2.45, 2.75) is 27.7 Å². The van der Waals surface area contributed by atoms with Gasteiger partial charge in [0.25, 0.3) is 0 Å². The maximum absolute atomic E-state index is 2.33. The second-order valence-corrected chi connectivity index (χ2v) is 5.36. The van der Waals surface area contributed by atoms with Gasteiger partial charge in [-0.3, -0.25) is 0 Å². The van der Waals surface area contributed by atoms with Gasteiger partial charge in [-0.25, -0.2) is 0 Å². The van der Waals surface area contributed by atoms with E-state index in [9.17, 15) is 0 Å². The number of hydrogen-bond donors (Lipinski definition) is 0. The first-order chi connectivity index (χ1) is 8.56. The fourth-order valence-electron chi connectivity index (χ4n) is 2.61. The summed E-state index contributed by atoms with van der Waals surface area (Å²) in [7, 11) is 0. The monoisotopic (exact) mass is 234 g/mol. The number of rotatable bonds is 0. The third-order valence-corrected chi connectivity index (χ3v) is 4.13. The van der Waals surface area contributed by atoms with Crippen molar-refractivity contribution in [3.05, 3.63) is 58.7 Å². The first-order valence-electron chi connectivity index (χ1n) is 6.47. The summed E-state index contributed by atoms with van der Waals surface area (Å²) in [5.74, 6) is 0. The molecule has 90 valence electrons. The van der Waals surface area contributed by atoms with E-state index in [1.807, 2.05) is 0 Å². The number of benzene rings is 3. The number of aryl methyl sites for hydroxylation is 4. The molecule has 0 aliphatic heterocycles. The second kappa shape index (κ2) is 3.84. The Morgan fingerprint density at radius 2 is 1.17 bits per heavy atom. The molecule has 0 saturated carbocycles. The molecule has 0 aliphatic rings. The molecule has 0 saturated heterocycles. The van der Waals surface area contributed by atoms with Crippen LogP contribution in [0.4, 0.5) is 0 Å². The molecule has 0 fully saturated rings. The van der Waals surface area contributed by atoms with E-state index in [0.29, 0.717) is 0 Å². The van der Waals surface area contributed by atoms with Gasteiger partial charge in [-0.1, -0.05) is 24.3 Å². The fraction of sp³-hybridized carbons (Fsp3) is 0.222. The van der Waals surface area contributed by atoms with Gasteiger partial charge in [-0.05, 0) is 83.6 Å². The van der Waals surface area contributed by atoms with Gasteiger partial charge < -0.3 is 0 Å². The lowest BCUT2D eigenvalue weighted by Crippen LogP contribution is -1.86. The zero-order valence-electron chi connectivity index (χ0n) is 11.5. The Balaban J connectivity index is 2.47. The van der Waals surface area contributed by atoms with Crippen LogP contribution in [0.1, 0.15) is 22.3 Å². The van der Waals surface area contributed by atoms with E-state index in [1.165, 1.54) is 43.8 Å². The average molecular weight is 234 g/mol. The summed E-state index contributed by atoms with van der Waals surface area (Å²) >= 11 is 0. The van der Waals surface area contributed by atoms with E-state index in [2.05, 4.69) is 64.1 Å². The zero-order chi connectivity index (χ0) is 12.9. The predicted octanol–water partition coefficient (Wildman–Crippen LogP) is 5.23. The Hall–Kier alpha value is -1.82. The van der Waals surface area contributed by atoms with Crippen molar-refractivity contribution in [1.82, 2.24) is 0 Å². The Morgan fingerprint density at radius 3 is 1.83 bits per heavy atom. The zero-order valence-corrected chi connectivity index (χ0v) is 11.5. The predicted molar refractivity (Wildman–Crippen MR) is 80.4 cm³/mol. The molecule has 0 atom stereocenters. The van der Waals surface area contributed by atoms with Crippen molar-refractivity contribution in [2.75, 3.05) is 0 Å². The highest BCUT2D eigenvalue weighted by atomic mass is 14.1. The SMILES string of the molecule is Cc1cc2cc3ccc(C)c(C)c3cc2cc1C. The highest BCUT2D eigenvalue weighted by Gasteiger charge is 2.04. The molecule has 0 aromatic heterocycles. The fourth-order valence-corrected chi connectivity index (χ4v) is 2.61. The smallest absolute Gasteiger partial charge is 0.0146 e. The Kier molecular flexibility index (Phi) is 2.41. The van der Waals surface area contributed by atoms with E-state index >= 15 is 0 Å². The highest BCUT2D eigenvalue weighted by molar-refractivity contribution is 6.00. The summed E-state index contributed by atoms with van der Waals surface area (Å²) in [5.41, 5.74) is 5.50. The minimum absolute atomic E-state index is 1.34. The summed E-state index contributed by atoms with van der Waals surface area (Å²) in [6, 6.07) is 13.7. The van der Waals surface area contributed by atoms with Crippen LogP contribution in [0, 0.1) is 27.7 Å². The average Bonchev–Trinajstić information content (AvgIpc) is 2.34. The lowest BCUT2D eigenvalue weighted by atomic mass is 9.95. The minimum atomic E-state index is 1.34. The van der Waals surface area contributed by atoms with Gasteiger partial charge in [0.1, 0.15) is 0 Å². The van der Waals surface area contributed by atoms with Crippen LogP contribution in [0.3, 0.4) is 0 Å². The lowest BCUT2D eigenvalue weighted by molar-refractivity contribution is 1.36. The van der Waals surface area contributed by atoms with Crippen LogP contribution >= 0.6 is 0 Å². The second-order valence-electron chi connectivity index (χ2n) is 5.36. The quantitative estimate of drug-likeness (QED) is 0.467. The largest absolute Gasteiger partial charge is 0.0584 e. The Morgan fingerprint density at radius 1 is 0.556 bits per heavy atom. The summed E-state index contributed by atoms with van der Waals surface area (Å²) < 4.78 is 0.